The first-order valence-electron chi connectivity index (χ1n) is 7.79. The molecule has 0 aromatic heterocycles. The number of carbonyl (C=O) groups excluding carboxylic acids is 2. The zero-order valence-corrected chi connectivity index (χ0v) is 13.6. The van der Waals surface area contributed by atoms with Gasteiger partial charge in [0, 0.05) is 26.1 Å². The predicted octanol–water partition coefficient (Wildman–Crippen LogP) is 1.71. The van der Waals surface area contributed by atoms with E-state index in [1.165, 1.54) is 0 Å². The Morgan fingerprint density at radius 1 is 1.00 bits per heavy atom. The highest BCUT2D eigenvalue weighted by atomic mass is 16.2. The van der Waals surface area contributed by atoms with Crippen LogP contribution in [0.25, 0.3) is 6.08 Å². The Bertz CT molecular complexity index is 631. The Labute approximate surface area is 136 Å². The van der Waals surface area contributed by atoms with Crippen molar-refractivity contribution in [3.63, 3.8) is 0 Å². The fourth-order valence-electron chi connectivity index (χ4n) is 3.38. The summed E-state index contributed by atoms with van der Waals surface area (Å²) in [5, 5.41) is 5.89. The molecule has 2 saturated heterocycles. The maximum atomic E-state index is 12.3. The third-order valence-electron chi connectivity index (χ3n) is 4.75. The summed E-state index contributed by atoms with van der Waals surface area (Å²) in [6, 6.07) is 9.54. The summed E-state index contributed by atoms with van der Waals surface area (Å²) in [6.07, 6.45) is 3.78. The van der Waals surface area contributed by atoms with Gasteiger partial charge in [0.1, 0.15) is 6.17 Å². The maximum Gasteiger partial charge on any atom is 0.319 e. The summed E-state index contributed by atoms with van der Waals surface area (Å²) in [4.78, 5) is 27.5. The van der Waals surface area contributed by atoms with Crippen LogP contribution in [-0.4, -0.2) is 54.2 Å². The molecule has 4 amide bonds. The monoisotopic (exact) mass is 314 g/mol. The normalized spacial score (nSPS) is 30.9. The first-order valence-corrected chi connectivity index (χ1v) is 7.79. The SMILES string of the molecule is C[C@@H]1NC(=O)N(C)[C@H]2NC(=O)N(C)[C@@H](/C=C/c3ccccc3)[C@H]12. The lowest BCUT2D eigenvalue weighted by Gasteiger charge is -2.51. The van der Waals surface area contributed by atoms with Gasteiger partial charge in [0.2, 0.25) is 0 Å². The van der Waals surface area contributed by atoms with Gasteiger partial charge in [0.15, 0.2) is 0 Å². The highest BCUT2D eigenvalue weighted by Gasteiger charge is 2.48. The summed E-state index contributed by atoms with van der Waals surface area (Å²) in [5.41, 5.74) is 1.09. The molecule has 4 atom stereocenters. The summed E-state index contributed by atoms with van der Waals surface area (Å²) in [5.74, 6) is 0.0698. The Kier molecular flexibility index (Phi) is 3.98. The number of hydrogen-bond donors (Lipinski definition) is 2. The zero-order valence-electron chi connectivity index (χ0n) is 13.6. The minimum absolute atomic E-state index is 0.0304. The number of fused-ring (bicyclic) bond motifs is 1. The molecular weight excluding hydrogens is 292 g/mol. The Morgan fingerprint density at radius 3 is 2.35 bits per heavy atom. The quantitative estimate of drug-likeness (QED) is 0.873. The van der Waals surface area contributed by atoms with Gasteiger partial charge in [-0.1, -0.05) is 42.5 Å². The number of benzene rings is 1. The van der Waals surface area contributed by atoms with Gasteiger partial charge in [-0.25, -0.2) is 9.59 Å². The van der Waals surface area contributed by atoms with Crippen LogP contribution in [-0.2, 0) is 0 Å². The van der Waals surface area contributed by atoms with E-state index in [1.54, 1.807) is 23.9 Å². The van der Waals surface area contributed by atoms with Gasteiger partial charge in [-0.2, -0.15) is 0 Å². The number of hydrogen-bond acceptors (Lipinski definition) is 2. The van der Waals surface area contributed by atoms with E-state index in [4.69, 9.17) is 0 Å². The van der Waals surface area contributed by atoms with Crippen LogP contribution in [0.4, 0.5) is 9.59 Å². The van der Waals surface area contributed by atoms with E-state index in [-0.39, 0.29) is 36.2 Å². The molecule has 0 spiro atoms. The number of likely N-dealkylation sites (N-methyl/N-ethyl adjacent to an activating group) is 1. The second-order valence-electron chi connectivity index (χ2n) is 6.19. The number of amides is 4. The van der Waals surface area contributed by atoms with Gasteiger partial charge in [0.25, 0.3) is 0 Å². The van der Waals surface area contributed by atoms with E-state index < -0.39 is 0 Å². The van der Waals surface area contributed by atoms with Crippen molar-refractivity contribution in [2.24, 2.45) is 5.92 Å². The lowest BCUT2D eigenvalue weighted by molar-refractivity contribution is 0.0407. The van der Waals surface area contributed by atoms with Gasteiger partial charge in [-0.3, -0.25) is 0 Å². The molecule has 0 saturated carbocycles. The molecule has 1 aromatic rings. The van der Waals surface area contributed by atoms with Crippen LogP contribution >= 0.6 is 0 Å². The number of nitrogens with zero attached hydrogens (tertiary/aromatic N) is 2. The summed E-state index contributed by atoms with van der Waals surface area (Å²) < 4.78 is 0. The molecule has 0 bridgehead atoms. The fraction of sp³-hybridized carbons (Fsp3) is 0.412. The Hall–Kier alpha value is -2.50. The summed E-state index contributed by atoms with van der Waals surface area (Å²) >= 11 is 0. The molecule has 0 unspecified atom stereocenters. The van der Waals surface area contributed by atoms with Crippen molar-refractivity contribution >= 4 is 18.1 Å². The van der Waals surface area contributed by atoms with Crippen LogP contribution in [0.1, 0.15) is 12.5 Å². The van der Waals surface area contributed by atoms with Crippen LogP contribution in [0.2, 0.25) is 0 Å². The number of carbonyl (C=O) groups is 2. The highest BCUT2D eigenvalue weighted by Crippen LogP contribution is 2.29. The first-order chi connectivity index (χ1) is 11.0. The smallest absolute Gasteiger partial charge is 0.319 e. The van der Waals surface area contributed by atoms with Gasteiger partial charge in [-0.05, 0) is 12.5 Å². The van der Waals surface area contributed by atoms with Crippen molar-refractivity contribution < 1.29 is 9.59 Å². The molecule has 2 aliphatic rings. The van der Waals surface area contributed by atoms with E-state index in [1.807, 2.05) is 49.4 Å². The first kappa shape index (κ1) is 15.4. The molecule has 2 N–H and O–H groups in total. The van der Waals surface area contributed by atoms with Crippen molar-refractivity contribution in [3.05, 3.63) is 42.0 Å². The standard InChI is InChI=1S/C17H22N4O2/c1-11-14-13(10-9-12-7-5-4-6-8-12)20(2)17(23)19-15(14)21(3)16(22)18-11/h4-11,13-15H,1-3H3,(H,18,22)(H,19,23)/b10-9+/t11-,13-,14-,15+/m0/s1. The molecule has 1 aromatic carbocycles. The molecular formula is C17H22N4O2. The van der Waals surface area contributed by atoms with E-state index in [9.17, 15) is 9.59 Å². The average Bonchev–Trinajstić information content (AvgIpc) is 2.54. The summed E-state index contributed by atoms with van der Waals surface area (Å²) in [7, 11) is 3.50. The molecule has 3 rings (SSSR count). The molecule has 2 aliphatic heterocycles. The van der Waals surface area contributed by atoms with Crippen molar-refractivity contribution in [2.75, 3.05) is 14.1 Å². The van der Waals surface area contributed by atoms with Gasteiger partial charge >= 0.3 is 12.1 Å². The van der Waals surface area contributed by atoms with Gasteiger partial charge in [-0.15, -0.1) is 0 Å². The molecule has 23 heavy (non-hydrogen) atoms. The number of urea groups is 2. The van der Waals surface area contributed by atoms with Crippen LogP contribution in [0.3, 0.4) is 0 Å². The van der Waals surface area contributed by atoms with Crippen LogP contribution in [0.5, 0.6) is 0 Å². The molecule has 0 radical (unpaired) electrons. The lowest BCUT2D eigenvalue weighted by atomic mass is 9.84. The van der Waals surface area contributed by atoms with E-state index in [2.05, 4.69) is 10.6 Å². The number of rotatable bonds is 2. The Balaban J connectivity index is 1.91. The van der Waals surface area contributed by atoms with E-state index in [0.29, 0.717) is 0 Å². The molecule has 0 aliphatic carbocycles. The molecule has 6 nitrogen and oxygen atoms in total. The average molecular weight is 314 g/mol. The Morgan fingerprint density at radius 2 is 1.65 bits per heavy atom. The molecule has 2 heterocycles. The number of nitrogens with one attached hydrogen (secondary N) is 2. The van der Waals surface area contributed by atoms with E-state index in [0.717, 1.165) is 5.56 Å². The minimum atomic E-state index is -0.298. The van der Waals surface area contributed by atoms with E-state index >= 15 is 0 Å². The van der Waals surface area contributed by atoms with Crippen molar-refractivity contribution in [2.45, 2.75) is 25.2 Å². The fourth-order valence-corrected chi connectivity index (χ4v) is 3.38. The summed E-state index contributed by atoms with van der Waals surface area (Å²) in [6.45, 7) is 1.98. The molecule has 122 valence electrons. The third kappa shape index (κ3) is 2.76. The largest absolute Gasteiger partial charge is 0.335 e. The lowest BCUT2D eigenvalue weighted by Crippen LogP contribution is -2.73. The second-order valence-corrected chi connectivity index (χ2v) is 6.19. The van der Waals surface area contributed by atoms with Crippen molar-refractivity contribution in [1.82, 2.24) is 20.4 Å². The molecule has 2 fully saturated rings. The molecule has 6 heteroatoms. The van der Waals surface area contributed by atoms with Crippen LogP contribution in [0, 0.1) is 5.92 Å². The van der Waals surface area contributed by atoms with Crippen molar-refractivity contribution in [1.29, 1.82) is 0 Å². The van der Waals surface area contributed by atoms with Gasteiger partial charge < -0.3 is 20.4 Å². The zero-order chi connectivity index (χ0) is 16.6. The van der Waals surface area contributed by atoms with Crippen molar-refractivity contribution in [3.8, 4) is 0 Å². The van der Waals surface area contributed by atoms with Gasteiger partial charge in [0.05, 0.1) is 6.04 Å². The third-order valence-corrected chi connectivity index (χ3v) is 4.75. The second kappa shape index (κ2) is 5.95. The topological polar surface area (TPSA) is 64.7 Å². The van der Waals surface area contributed by atoms with Crippen LogP contribution in [0.15, 0.2) is 36.4 Å². The van der Waals surface area contributed by atoms with Crippen LogP contribution < -0.4 is 10.6 Å². The highest BCUT2D eigenvalue weighted by molar-refractivity contribution is 5.80. The predicted molar refractivity (Wildman–Crippen MR) is 88.6 cm³/mol. The minimum Gasteiger partial charge on any atom is -0.335 e. The maximum absolute atomic E-state index is 12.3.